The monoisotopic (exact) mass is 521 g/mol. The van der Waals surface area contributed by atoms with Crippen LogP contribution in [-0.2, 0) is 4.79 Å². The molecule has 0 saturated carbocycles. The standard InChI is InChI=1S/C27H32FN7O3/c1-16(2)31-20(18-7-5-17(15-29)6-8-18)14-22(36)34-9-11-35(12-10-34)27-32-24-19(26(30)33-27)13-21(37-3)25(38-4)23(24)28/h5-8,13,16,20,31H,9-12,14H2,1-4H3,(H2,30,32,33)/t20-/m1/s1. The Morgan fingerprint density at radius 3 is 2.42 bits per heavy atom. The molecule has 38 heavy (non-hydrogen) atoms. The Morgan fingerprint density at radius 2 is 1.84 bits per heavy atom. The van der Waals surface area contributed by atoms with E-state index >= 15 is 4.39 Å². The van der Waals surface area contributed by atoms with E-state index < -0.39 is 5.82 Å². The number of carbonyl (C=O) groups excluding carboxylic acids is 1. The molecule has 2 heterocycles. The molecule has 3 aromatic rings. The highest BCUT2D eigenvalue weighted by Crippen LogP contribution is 2.37. The molecular formula is C27H32FN7O3. The molecule has 0 bridgehead atoms. The lowest BCUT2D eigenvalue weighted by molar-refractivity contribution is -0.132. The lowest BCUT2D eigenvalue weighted by atomic mass is 10.0. The van der Waals surface area contributed by atoms with Crippen LogP contribution in [0.4, 0.5) is 16.2 Å². The molecule has 1 amide bonds. The van der Waals surface area contributed by atoms with Crippen LogP contribution in [0.2, 0.25) is 0 Å². The summed E-state index contributed by atoms with van der Waals surface area (Å²) in [5.41, 5.74) is 7.75. The lowest BCUT2D eigenvalue weighted by Crippen LogP contribution is -2.50. The van der Waals surface area contributed by atoms with Gasteiger partial charge < -0.3 is 30.3 Å². The van der Waals surface area contributed by atoms with Crippen LogP contribution in [0.1, 0.15) is 37.4 Å². The maximum atomic E-state index is 15.2. The Hall–Kier alpha value is -4.17. The predicted molar refractivity (Wildman–Crippen MR) is 143 cm³/mol. The molecule has 1 aliphatic heterocycles. The molecule has 0 spiro atoms. The van der Waals surface area contributed by atoms with Crippen LogP contribution in [-0.4, -0.2) is 67.2 Å². The Labute approximate surface area is 221 Å². The van der Waals surface area contributed by atoms with Crippen molar-refractivity contribution in [2.24, 2.45) is 0 Å². The largest absolute Gasteiger partial charge is 0.493 e. The summed E-state index contributed by atoms with van der Waals surface area (Å²) in [6.45, 7) is 5.95. The van der Waals surface area contributed by atoms with E-state index in [0.717, 1.165) is 5.56 Å². The zero-order valence-corrected chi connectivity index (χ0v) is 22.0. The number of nitriles is 1. The Kier molecular flexibility index (Phi) is 8.12. The smallest absolute Gasteiger partial charge is 0.228 e. The van der Waals surface area contributed by atoms with Crippen LogP contribution < -0.4 is 25.4 Å². The third-order valence-electron chi connectivity index (χ3n) is 6.56. The van der Waals surface area contributed by atoms with Gasteiger partial charge in [-0.3, -0.25) is 4.79 Å². The SMILES string of the molecule is COc1cc2c(N)nc(N3CCN(C(=O)C[C@@H](NC(C)C)c4ccc(C#N)cc4)CC3)nc2c(F)c1OC. The van der Waals surface area contributed by atoms with Gasteiger partial charge in [-0.2, -0.15) is 10.2 Å². The number of nitrogens with zero attached hydrogens (tertiary/aromatic N) is 5. The fourth-order valence-electron chi connectivity index (χ4n) is 4.60. The van der Waals surface area contributed by atoms with Gasteiger partial charge in [-0.1, -0.05) is 26.0 Å². The van der Waals surface area contributed by atoms with Gasteiger partial charge in [0.1, 0.15) is 11.3 Å². The number of methoxy groups -OCH3 is 2. The number of nitrogens with two attached hydrogens (primary N) is 1. The number of amides is 1. The first-order valence-electron chi connectivity index (χ1n) is 12.4. The number of nitrogen functional groups attached to an aromatic ring is 1. The molecule has 10 nitrogen and oxygen atoms in total. The predicted octanol–water partition coefficient (Wildman–Crippen LogP) is 3.02. The molecule has 1 atom stereocenters. The van der Waals surface area contributed by atoms with Gasteiger partial charge in [0.05, 0.1) is 25.9 Å². The molecule has 11 heteroatoms. The first kappa shape index (κ1) is 26.9. The quantitative estimate of drug-likeness (QED) is 0.459. The maximum Gasteiger partial charge on any atom is 0.228 e. The van der Waals surface area contributed by atoms with Crippen LogP contribution in [0.25, 0.3) is 10.9 Å². The average Bonchev–Trinajstić information content (AvgIpc) is 2.92. The molecule has 1 aromatic heterocycles. The Morgan fingerprint density at radius 1 is 1.16 bits per heavy atom. The number of carbonyl (C=O) groups is 1. The van der Waals surface area contributed by atoms with Crippen molar-refractivity contribution in [3.8, 4) is 17.6 Å². The molecule has 4 rings (SSSR count). The second-order valence-electron chi connectivity index (χ2n) is 9.41. The molecule has 1 aliphatic rings. The number of nitrogens with one attached hydrogen (secondary N) is 1. The number of anilines is 2. The number of aromatic nitrogens is 2. The summed E-state index contributed by atoms with van der Waals surface area (Å²) in [7, 11) is 2.78. The molecule has 1 saturated heterocycles. The number of halogens is 1. The van der Waals surface area contributed by atoms with E-state index in [1.165, 1.54) is 14.2 Å². The minimum absolute atomic E-state index is 0.0222. The lowest BCUT2D eigenvalue weighted by Gasteiger charge is -2.36. The van der Waals surface area contributed by atoms with Crippen molar-refractivity contribution in [2.75, 3.05) is 51.0 Å². The van der Waals surface area contributed by atoms with Crippen LogP contribution in [0.15, 0.2) is 30.3 Å². The third-order valence-corrected chi connectivity index (χ3v) is 6.56. The number of fused-ring (bicyclic) bond motifs is 1. The summed E-state index contributed by atoms with van der Waals surface area (Å²) < 4.78 is 25.5. The van der Waals surface area contributed by atoms with E-state index in [0.29, 0.717) is 43.1 Å². The van der Waals surface area contributed by atoms with Gasteiger partial charge in [-0.05, 0) is 23.8 Å². The topological polar surface area (TPSA) is 130 Å². The van der Waals surface area contributed by atoms with Crippen LogP contribution in [0.3, 0.4) is 0 Å². The normalized spacial score (nSPS) is 14.4. The molecule has 0 radical (unpaired) electrons. The van der Waals surface area contributed by atoms with Gasteiger partial charge in [-0.25, -0.2) is 9.37 Å². The van der Waals surface area contributed by atoms with Crippen molar-refractivity contribution in [3.05, 3.63) is 47.3 Å². The molecule has 0 aliphatic carbocycles. The summed E-state index contributed by atoms with van der Waals surface area (Å²) in [5, 5.41) is 12.9. The molecule has 0 unspecified atom stereocenters. The van der Waals surface area contributed by atoms with E-state index in [9.17, 15) is 4.79 Å². The summed E-state index contributed by atoms with van der Waals surface area (Å²) in [6, 6.07) is 11.0. The average molecular weight is 522 g/mol. The highest BCUT2D eigenvalue weighted by Gasteiger charge is 2.27. The summed E-state index contributed by atoms with van der Waals surface area (Å²) in [4.78, 5) is 25.8. The van der Waals surface area contributed by atoms with Gasteiger partial charge in [0.15, 0.2) is 17.3 Å². The fraction of sp³-hybridized carbons (Fsp3) is 0.407. The first-order chi connectivity index (χ1) is 18.2. The maximum absolute atomic E-state index is 15.2. The van der Waals surface area contributed by atoms with Crippen molar-refractivity contribution in [2.45, 2.75) is 32.4 Å². The number of ether oxygens (including phenoxy) is 2. The Bertz CT molecular complexity index is 1350. The summed E-state index contributed by atoms with van der Waals surface area (Å²) in [5.74, 6) is -0.0599. The summed E-state index contributed by atoms with van der Waals surface area (Å²) >= 11 is 0. The van der Waals surface area contributed by atoms with E-state index in [2.05, 4.69) is 21.4 Å². The fourth-order valence-corrected chi connectivity index (χ4v) is 4.60. The van der Waals surface area contributed by atoms with Crippen LogP contribution in [0.5, 0.6) is 11.5 Å². The van der Waals surface area contributed by atoms with E-state index in [4.69, 9.17) is 20.5 Å². The number of piperazine rings is 1. The minimum Gasteiger partial charge on any atom is -0.493 e. The Balaban J connectivity index is 1.47. The van der Waals surface area contributed by atoms with Gasteiger partial charge >= 0.3 is 0 Å². The summed E-state index contributed by atoms with van der Waals surface area (Å²) in [6.07, 6.45) is 0.288. The minimum atomic E-state index is -0.669. The number of hydrogen-bond donors (Lipinski definition) is 2. The molecule has 3 N–H and O–H groups in total. The van der Waals surface area contributed by atoms with Crippen molar-refractivity contribution >= 4 is 28.6 Å². The molecule has 2 aromatic carbocycles. The highest BCUT2D eigenvalue weighted by atomic mass is 19.1. The van der Waals surface area contributed by atoms with Gasteiger partial charge in [0.2, 0.25) is 11.9 Å². The van der Waals surface area contributed by atoms with Gasteiger partial charge in [-0.15, -0.1) is 0 Å². The highest BCUT2D eigenvalue weighted by molar-refractivity contribution is 5.92. The van der Waals surface area contributed by atoms with Crippen LogP contribution in [0, 0.1) is 17.1 Å². The molecule has 1 fully saturated rings. The molecule has 200 valence electrons. The second kappa shape index (κ2) is 11.5. The zero-order valence-electron chi connectivity index (χ0n) is 22.0. The van der Waals surface area contributed by atoms with Crippen LogP contribution >= 0.6 is 0 Å². The van der Waals surface area contributed by atoms with Gasteiger partial charge in [0.25, 0.3) is 0 Å². The molecular weight excluding hydrogens is 489 g/mol. The van der Waals surface area contributed by atoms with Crippen molar-refractivity contribution in [1.29, 1.82) is 5.26 Å². The van der Waals surface area contributed by atoms with Crippen molar-refractivity contribution in [1.82, 2.24) is 20.2 Å². The second-order valence-corrected chi connectivity index (χ2v) is 9.41. The third kappa shape index (κ3) is 5.55. The van der Waals surface area contributed by atoms with Crippen molar-refractivity contribution in [3.63, 3.8) is 0 Å². The number of hydrogen-bond acceptors (Lipinski definition) is 9. The zero-order chi connectivity index (χ0) is 27.4. The van der Waals surface area contributed by atoms with E-state index in [1.807, 2.05) is 35.8 Å². The van der Waals surface area contributed by atoms with E-state index in [1.54, 1.807) is 18.2 Å². The van der Waals surface area contributed by atoms with Crippen molar-refractivity contribution < 1.29 is 18.7 Å². The number of benzene rings is 2. The van der Waals surface area contributed by atoms with E-state index in [-0.39, 0.29) is 47.2 Å². The first-order valence-corrected chi connectivity index (χ1v) is 12.4. The number of rotatable bonds is 8. The van der Waals surface area contributed by atoms with Gasteiger partial charge in [0, 0.05) is 50.1 Å².